The summed E-state index contributed by atoms with van der Waals surface area (Å²) < 4.78 is 66.1. The van der Waals surface area contributed by atoms with Gasteiger partial charge in [0.15, 0.2) is 0 Å². The standard InChI is InChI=1S/C8H9F3N2O6S/c1-7(2,3-18-20(16,17)8(9,10)11)6-12-4(5(14)15)13-19-6/h3H2,1-2H3,(H,14,15). The number of carboxylic acids is 1. The van der Waals surface area contributed by atoms with Crippen molar-refractivity contribution in [2.75, 3.05) is 6.61 Å². The Balaban J connectivity index is 2.87. The van der Waals surface area contributed by atoms with Gasteiger partial charge in [0.05, 0.1) is 12.0 Å². The van der Waals surface area contributed by atoms with Crippen molar-refractivity contribution in [3.8, 4) is 0 Å². The van der Waals surface area contributed by atoms with Crippen molar-refractivity contribution in [2.24, 2.45) is 0 Å². The number of alkyl halides is 3. The zero-order valence-electron chi connectivity index (χ0n) is 10.1. The summed E-state index contributed by atoms with van der Waals surface area (Å²) in [6, 6.07) is 0. The van der Waals surface area contributed by atoms with Crippen molar-refractivity contribution in [1.29, 1.82) is 0 Å². The molecule has 12 heteroatoms. The van der Waals surface area contributed by atoms with Gasteiger partial charge in [-0.15, -0.1) is 0 Å². The molecule has 0 aliphatic heterocycles. The Hall–Kier alpha value is -1.69. The molecule has 0 aliphatic carbocycles. The summed E-state index contributed by atoms with van der Waals surface area (Å²) in [4.78, 5) is 13.9. The number of aromatic carboxylic acids is 1. The fourth-order valence-corrected chi connectivity index (χ4v) is 1.52. The molecular weight excluding hydrogens is 309 g/mol. The molecule has 0 saturated heterocycles. The van der Waals surface area contributed by atoms with Gasteiger partial charge in [-0.1, -0.05) is 0 Å². The molecule has 1 aromatic heterocycles. The van der Waals surface area contributed by atoms with E-state index in [0.717, 1.165) is 0 Å². The van der Waals surface area contributed by atoms with Crippen LogP contribution < -0.4 is 0 Å². The molecule has 0 bridgehead atoms. The first kappa shape index (κ1) is 16.4. The van der Waals surface area contributed by atoms with E-state index in [1.807, 2.05) is 0 Å². The normalized spacial score (nSPS) is 13.4. The van der Waals surface area contributed by atoms with E-state index in [4.69, 9.17) is 5.11 Å². The van der Waals surface area contributed by atoms with E-state index in [-0.39, 0.29) is 5.89 Å². The van der Waals surface area contributed by atoms with Crippen molar-refractivity contribution < 1.29 is 40.2 Å². The van der Waals surface area contributed by atoms with Gasteiger partial charge in [-0.3, -0.25) is 4.18 Å². The second-order valence-corrected chi connectivity index (χ2v) is 5.88. The lowest BCUT2D eigenvalue weighted by atomic mass is 9.95. The molecule has 20 heavy (non-hydrogen) atoms. The van der Waals surface area contributed by atoms with Crippen LogP contribution in [0, 0.1) is 0 Å². The molecule has 0 unspecified atom stereocenters. The molecular formula is C8H9F3N2O6S. The maximum absolute atomic E-state index is 12.1. The Morgan fingerprint density at radius 3 is 2.35 bits per heavy atom. The summed E-state index contributed by atoms with van der Waals surface area (Å²) in [6.45, 7) is 1.55. The van der Waals surface area contributed by atoms with Crippen molar-refractivity contribution in [2.45, 2.75) is 24.8 Å². The highest BCUT2D eigenvalue weighted by molar-refractivity contribution is 7.87. The molecule has 0 aliphatic rings. The van der Waals surface area contributed by atoms with Crippen LogP contribution in [-0.2, 0) is 19.7 Å². The van der Waals surface area contributed by atoms with E-state index in [1.165, 1.54) is 13.8 Å². The quantitative estimate of drug-likeness (QED) is 0.628. The number of aromatic nitrogens is 2. The highest BCUT2D eigenvalue weighted by Crippen LogP contribution is 2.28. The van der Waals surface area contributed by atoms with Crippen LogP contribution in [0.4, 0.5) is 13.2 Å². The molecule has 0 fully saturated rings. The highest BCUT2D eigenvalue weighted by atomic mass is 32.2. The van der Waals surface area contributed by atoms with E-state index in [1.54, 1.807) is 0 Å². The number of nitrogens with zero attached hydrogens (tertiary/aromatic N) is 2. The van der Waals surface area contributed by atoms with Crippen molar-refractivity contribution in [3.05, 3.63) is 11.7 Å². The second kappa shape index (κ2) is 5.01. The fraction of sp³-hybridized carbons (Fsp3) is 0.625. The summed E-state index contributed by atoms with van der Waals surface area (Å²) in [5.41, 5.74) is -6.98. The highest BCUT2D eigenvalue weighted by Gasteiger charge is 2.48. The SMILES string of the molecule is CC(C)(COS(=O)(=O)C(F)(F)F)c1nc(C(=O)O)no1. The lowest BCUT2D eigenvalue weighted by Crippen LogP contribution is -2.32. The first-order valence-electron chi connectivity index (χ1n) is 4.90. The predicted octanol–water partition coefficient (Wildman–Crippen LogP) is 0.912. The smallest absolute Gasteiger partial charge is 0.475 e. The molecule has 0 atom stereocenters. The van der Waals surface area contributed by atoms with Crippen LogP contribution in [0.1, 0.15) is 30.4 Å². The Morgan fingerprint density at radius 2 is 1.95 bits per heavy atom. The van der Waals surface area contributed by atoms with Gasteiger partial charge in [-0.2, -0.15) is 26.6 Å². The topological polar surface area (TPSA) is 120 Å². The minimum absolute atomic E-state index is 0.368. The van der Waals surface area contributed by atoms with Crippen LogP contribution in [0.25, 0.3) is 0 Å². The van der Waals surface area contributed by atoms with Crippen molar-refractivity contribution in [3.63, 3.8) is 0 Å². The van der Waals surface area contributed by atoms with Gasteiger partial charge in [0.1, 0.15) is 0 Å². The van der Waals surface area contributed by atoms with Crippen LogP contribution in [0.3, 0.4) is 0 Å². The summed E-state index contributed by atoms with van der Waals surface area (Å²) in [6.07, 6.45) is 0. The molecule has 1 rings (SSSR count). The average molecular weight is 318 g/mol. The number of carboxylic acid groups (broad SMARTS) is 1. The lowest BCUT2D eigenvalue weighted by Gasteiger charge is -2.19. The van der Waals surface area contributed by atoms with E-state index in [2.05, 4.69) is 18.8 Å². The number of carbonyl (C=O) groups is 1. The number of halogens is 3. The zero-order chi connectivity index (χ0) is 15.8. The van der Waals surface area contributed by atoms with Crippen LogP contribution in [0.5, 0.6) is 0 Å². The molecule has 1 heterocycles. The minimum atomic E-state index is -5.75. The molecule has 114 valence electrons. The van der Waals surface area contributed by atoms with Crippen molar-refractivity contribution in [1.82, 2.24) is 10.1 Å². The van der Waals surface area contributed by atoms with Crippen LogP contribution in [-0.4, -0.2) is 41.7 Å². The Labute approximate surface area is 110 Å². The molecule has 0 spiro atoms. The van der Waals surface area contributed by atoms with Gasteiger partial charge >= 0.3 is 21.6 Å². The third-order valence-corrected chi connectivity index (χ3v) is 3.05. The molecule has 0 amide bonds. The maximum Gasteiger partial charge on any atom is 0.523 e. The lowest BCUT2D eigenvalue weighted by molar-refractivity contribution is -0.0554. The summed E-state index contributed by atoms with van der Waals surface area (Å²) >= 11 is 0. The Morgan fingerprint density at radius 1 is 1.40 bits per heavy atom. The molecule has 1 aromatic rings. The predicted molar refractivity (Wildman–Crippen MR) is 55.2 cm³/mol. The number of hydrogen-bond acceptors (Lipinski definition) is 7. The minimum Gasteiger partial charge on any atom is -0.475 e. The Kier molecular flexibility index (Phi) is 4.10. The molecule has 0 radical (unpaired) electrons. The fourth-order valence-electron chi connectivity index (χ4n) is 0.939. The van der Waals surface area contributed by atoms with Gasteiger partial charge in [0.2, 0.25) is 5.89 Å². The maximum atomic E-state index is 12.1. The first-order chi connectivity index (χ1) is 8.87. The van der Waals surface area contributed by atoms with Crippen molar-refractivity contribution >= 4 is 16.1 Å². The zero-order valence-corrected chi connectivity index (χ0v) is 10.9. The van der Waals surface area contributed by atoms with Crippen LogP contribution >= 0.6 is 0 Å². The Bertz CT molecular complexity index is 606. The summed E-state index contributed by atoms with van der Waals surface area (Å²) in [7, 11) is -5.75. The number of rotatable bonds is 5. The summed E-state index contributed by atoms with van der Waals surface area (Å²) in [5, 5.41) is 11.6. The third-order valence-electron chi connectivity index (χ3n) is 2.05. The third kappa shape index (κ3) is 3.45. The van der Waals surface area contributed by atoms with E-state index < -0.39 is 39.4 Å². The molecule has 1 N–H and O–H groups in total. The second-order valence-electron chi connectivity index (χ2n) is 4.27. The van der Waals surface area contributed by atoms with Crippen LogP contribution in [0.15, 0.2) is 4.52 Å². The van der Waals surface area contributed by atoms with Gasteiger partial charge in [0.25, 0.3) is 5.82 Å². The summed E-state index contributed by atoms with van der Waals surface area (Å²) in [5.74, 6) is -2.57. The van der Waals surface area contributed by atoms with Gasteiger partial charge in [-0.25, -0.2) is 4.79 Å². The number of hydrogen-bond donors (Lipinski definition) is 1. The van der Waals surface area contributed by atoms with Gasteiger partial charge in [0, 0.05) is 0 Å². The van der Waals surface area contributed by atoms with E-state index >= 15 is 0 Å². The molecule has 0 aromatic carbocycles. The monoisotopic (exact) mass is 318 g/mol. The average Bonchev–Trinajstić information content (AvgIpc) is 2.75. The molecule has 8 nitrogen and oxygen atoms in total. The van der Waals surface area contributed by atoms with Gasteiger partial charge in [-0.05, 0) is 19.0 Å². The van der Waals surface area contributed by atoms with E-state index in [9.17, 15) is 26.4 Å². The molecule has 0 saturated carbocycles. The van der Waals surface area contributed by atoms with Crippen LogP contribution in [0.2, 0.25) is 0 Å². The first-order valence-corrected chi connectivity index (χ1v) is 6.31. The van der Waals surface area contributed by atoms with Gasteiger partial charge < -0.3 is 9.63 Å². The van der Waals surface area contributed by atoms with E-state index in [0.29, 0.717) is 0 Å². The largest absolute Gasteiger partial charge is 0.523 e.